The van der Waals surface area contributed by atoms with Crippen LogP contribution in [0.1, 0.15) is 61.3 Å². The van der Waals surface area contributed by atoms with Gasteiger partial charge in [-0.25, -0.2) is 9.78 Å². The van der Waals surface area contributed by atoms with Crippen molar-refractivity contribution in [3.8, 4) is 0 Å². The number of rotatable bonds is 8. The summed E-state index contributed by atoms with van der Waals surface area (Å²) in [7, 11) is 0. The van der Waals surface area contributed by atoms with E-state index in [0.29, 0.717) is 23.7 Å². The number of nitrogens with zero attached hydrogens (tertiary/aromatic N) is 1. The first-order valence-corrected chi connectivity index (χ1v) is 7.43. The van der Waals surface area contributed by atoms with Crippen molar-refractivity contribution >= 4 is 28.3 Å². The maximum Gasteiger partial charge on any atom is 0.347 e. The summed E-state index contributed by atoms with van der Waals surface area (Å²) in [6.07, 6.45) is 4.74. The average molecular weight is 284 g/mol. The number of carboxylic acids is 1. The second-order valence-electron chi connectivity index (χ2n) is 4.36. The van der Waals surface area contributed by atoms with Gasteiger partial charge in [0.15, 0.2) is 5.13 Å². The maximum absolute atomic E-state index is 11.6. The SMILES string of the molecule is CCCCC(=O)Nc1nc(CCCC)c(C(=O)O)s1. The molecule has 2 N–H and O–H groups in total. The Hall–Kier alpha value is -1.43. The van der Waals surface area contributed by atoms with E-state index in [-0.39, 0.29) is 10.8 Å². The molecular formula is C13H20N2O3S. The summed E-state index contributed by atoms with van der Waals surface area (Å²) < 4.78 is 0. The van der Waals surface area contributed by atoms with Crippen molar-refractivity contribution < 1.29 is 14.7 Å². The minimum Gasteiger partial charge on any atom is -0.477 e. The second-order valence-corrected chi connectivity index (χ2v) is 5.35. The molecule has 1 aromatic heterocycles. The standard InChI is InChI=1S/C13H20N2O3S/c1-3-5-7-9-11(12(17)18)19-13(14-9)15-10(16)8-6-4-2/h3-8H2,1-2H3,(H,17,18)(H,14,15,16). The molecule has 0 aliphatic heterocycles. The van der Waals surface area contributed by atoms with Crippen LogP contribution in [0.2, 0.25) is 0 Å². The maximum atomic E-state index is 11.6. The Morgan fingerprint density at radius 3 is 2.53 bits per heavy atom. The van der Waals surface area contributed by atoms with Gasteiger partial charge >= 0.3 is 5.97 Å². The zero-order valence-electron chi connectivity index (χ0n) is 11.4. The van der Waals surface area contributed by atoms with E-state index >= 15 is 0 Å². The lowest BCUT2D eigenvalue weighted by Gasteiger charge is -1.99. The van der Waals surface area contributed by atoms with Crippen molar-refractivity contribution in [2.24, 2.45) is 0 Å². The third-order valence-electron chi connectivity index (χ3n) is 2.66. The van der Waals surface area contributed by atoms with Gasteiger partial charge in [0.05, 0.1) is 5.69 Å². The van der Waals surface area contributed by atoms with E-state index in [2.05, 4.69) is 10.3 Å². The molecule has 106 valence electrons. The van der Waals surface area contributed by atoms with Crippen molar-refractivity contribution in [1.29, 1.82) is 0 Å². The molecule has 0 aromatic carbocycles. The number of carbonyl (C=O) groups excluding carboxylic acids is 1. The van der Waals surface area contributed by atoms with Gasteiger partial charge in [0.25, 0.3) is 0 Å². The quantitative estimate of drug-likeness (QED) is 0.767. The molecule has 0 saturated heterocycles. The summed E-state index contributed by atoms with van der Waals surface area (Å²) in [6, 6.07) is 0. The first-order valence-electron chi connectivity index (χ1n) is 6.61. The van der Waals surface area contributed by atoms with Crippen LogP contribution in [0.5, 0.6) is 0 Å². The molecule has 0 bridgehead atoms. The number of unbranched alkanes of at least 4 members (excludes halogenated alkanes) is 2. The summed E-state index contributed by atoms with van der Waals surface area (Å²) in [5.74, 6) is -1.08. The van der Waals surface area contributed by atoms with E-state index < -0.39 is 5.97 Å². The Labute approximate surface area is 117 Å². The number of anilines is 1. The first kappa shape index (κ1) is 15.6. The van der Waals surface area contributed by atoms with Crippen molar-refractivity contribution in [3.05, 3.63) is 10.6 Å². The van der Waals surface area contributed by atoms with Crippen LogP contribution in [0.3, 0.4) is 0 Å². The molecule has 6 heteroatoms. The lowest BCUT2D eigenvalue weighted by atomic mass is 10.2. The Morgan fingerprint density at radius 1 is 1.26 bits per heavy atom. The van der Waals surface area contributed by atoms with Gasteiger partial charge < -0.3 is 10.4 Å². The van der Waals surface area contributed by atoms with Gasteiger partial charge in [-0.3, -0.25) is 4.79 Å². The van der Waals surface area contributed by atoms with E-state index in [1.54, 1.807) is 0 Å². The molecule has 0 atom stereocenters. The molecule has 1 aromatic rings. The third-order valence-corrected chi connectivity index (χ3v) is 3.66. The number of carboxylic acid groups (broad SMARTS) is 1. The highest BCUT2D eigenvalue weighted by Gasteiger charge is 2.17. The van der Waals surface area contributed by atoms with Crippen LogP contribution >= 0.6 is 11.3 Å². The molecule has 5 nitrogen and oxygen atoms in total. The zero-order chi connectivity index (χ0) is 14.3. The molecular weight excluding hydrogens is 264 g/mol. The van der Waals surface area contributed by atoms with Crippen LogP contribution in [0.25, 0.3) is 0 Å². The van der Waals surface area contributed by atoms with Crippen LogP contribution in [0.15, 0.2) is 0 Å². The van der Waals surface area contributed by atoms with Gasteiger partial charge in [-0.2, -0.15) is 0 Å². The fourth-order valence-corrected chi connectivity index (χ4v) is 2.47. The smallest absolute Gasteiger partial charge is 0.347 e. The summed E-state index contributed by atoms with van der Waals surface area (Å²) in [6.45, 7) is 4.06. The van der Waals surface area contributed by atoms with Crippen molar-refractivity contribution in [3.63, 3.8) is 0 Å². The Kier molecular flexibility index (Phi) is 6.49. The van der Waals surface area contributed by atoms with Gasteiger partial charge in [0.1, 0.15) is 4.88 Å². The molecule has 0 aliphatic rings. The Balaban J connectivity index is 2.73. The Morgan fingerprint density at radius 2 is 1.95 bits per heavy atom. The van der Waals surface area contributed by atoms with Crippen molar-refractivity contribution in [2.45, 2.75) is 52.4 Å². The van der Waals surface area contributed by atoms with Gasteiger partial charge in [-0.05, 0) is 19.3 Å². The number of hydrogen-bond donors (Lipinski definition) is 2. The lowest BCUT2D eigenvalue weighted by Crippen LogP contribution is -2.10. The number of aromatic nitrogens is 1. The molecule has 1 heterocycles. The molecule has 0 aliphatic carbocycles. The van der Waals surface area contributed by atoms with E-state index in [1.807, 2.05) is 13.8 Å². The summed E-state index contributed by atoms with van der Waals surface area (Å²) in [5.41, 5.74) is 0.574. The van der Waals surface area contributed by atoms with Crippen LogP contribution in [-0.2, 0) is 11.2 Å². The average Bonchev–Trinajstić information content (AvgIpc) is 2.77. The minimum absolute atomic E-state index is 0.102. The number of nitrogens with one attached hydrogen (secondary N) is 1. The van der Waals surface area contributed by atoms with Crippen LogP contribution in [-0.4, -0.2) is 22.0 Å². The molecule has 0 saturated carbocycles. The molecule has 0 unspecified atom stereocenters. The highest BCUT2D eigenvalue weighted by Crippen LogP contribution is 2.24. The van der Waals surface area contributed by atoms with Gasteiger partial charge in [-0.1, -0.05) is 38.0 Å². The van der Waals surface area contributed by atoms with Crippen LogP contribution in [0.4, 0.5) is 5.13 Å². The number of amides is 1. The molecule has 0 fully saturated rings. The lowest BCUT2D eigenvalue weighted by molar-refractivity contribution is -0.116. The summed E-state index contributed by atoms with van der Waals surface area (Å²) in [4.78, 5) is 27.2. The number of carbonyl (C=O) groups is 2. The van der Waals surface area contributed by atoms with Gasteiger partial charge in [-0.15, -0.1) is 0 Å². The normalized spacial score (nSPS) is 10.4. The predicted molar refractivity (Wildman–Crippen MR) is 75.8 cm³/mol. The monoisotopic (exact) mass is 284 g/mol. The fraction of sp³-hybridized carbons (Fsp3) is 0.615. The van der Waals surface area contributed by atoms with Crippen LogP contribution < -0.4 is 5.32 Å². The molecule has 19 heavy (non-hydrogen) atoms. The second kappa shape index (κ2) is 7.89. The molecule has 0 spiro atoms. The number of aryl methyl sites for hydroxylation is 1. The van der Waals surface area contributed by atoms with Crippen LogP contribution in [0, 0.1) is 0 Å². The molecule has 0 radical (unpaired) electrons. The molecule has 1 rings (SSSR count). The van der Waals surface area contributed by atoms with Gasteiger partial charge in [0, 0.05) is 6.42 Å². The van der Waals surface area contributed by atoms with E-state index in [4.69, 9.17) is 5.11 Å². The zero-order valence-corrected chi connectivity index (χ0v) is 12.2. The predicted octanol–water partition coefficient (Wildman–Crippen LogP) is 3.31. The summed E-state index contributed by atoms with van der Waals surface area (Å²) in [5, 5.41) is 12.2. The Bertz CT molecular complexity index is 443. The molecule has 1 amide bonds. The first-order chi connectivity index (χ1) is 9.08. The van der Waals surface area contributed by atoms with E-state index in [1.165, 1.54) is 0 Å². The third kappa shape index (κ3) is 4.98. The highest BCUT2D eigenvalue weighted by molar-refractivity contribution is 7.17. The number of aromatic carboxylic acids is 1. The van der Waals surface area contributed by atoms with Crippen molar-refractivity contribution in [1.82, 2.24) is 4.98 Å². The van der Waals surface area contributed by atoms with E-state index in [9.17, 15) is 9.59 Å². The topological polar surface area (TPSA) is 79.3 Å². The fourth-order valence-electron chi connectivity index (χ4n) is 1.61. The minimum atomic E-state index is -0.974. The van der Waals surface area contributed by atoms with Crippen molar-refractivity contribution in [2.75, 3.05) is 5.32 Å². The van der Waals surface area contributed by atoms with E-state index in [0.717, 1.165) is 37.0 Å². The number of thiazole rings is 1. The summed E-state index contributed by atoms with van der Waals surface area (Å²) >= 11 is 1.04. The highest BCUT2D eigenvalue weighted by atomic mass is 32.1. The number of hydrogen-bond acceptors (Lipinski definition) is 4. The van der Waals surface area contributed by atoms with Gasteiger partial charge in [0.2, 0.25) is 5.91 Å². The largest absolute Gasteiger partial charge is 0.477 e.